The Morgan fingerprint density at radius 1 is 1.44 bits per heavy atom. The smallest absolute Gasteiger partial charge is 0.383 e. The summed E-state index contributed by atoms with van der Waals surface area (Å²) in [6.45, 7) is -0.0555. The number of hydrogen-bond acceptors (Lipinski definition) is 8. The number of aliphatic hydroxyl groups excluding tert-OH is 2. The number of ether oxygens (including phenoxy) is 1. The SMILES string of the molecule is NCCS.O=C1O[C@H]([C@@H](O)CO)C(=O)C1=O. The van der Waals surface area contributed by atoms with Crippen molar-refractivity contribution in [1.29, 1.82) is 0 Å². The average Bonchev–Trinajstić information content (AvgIpc) is 2.56. The van der Waals surface area contributed by atoms with Crippen LogP contribution in [0.15, 0.2) is 0 Å². The lowest BCUT2D eigenvalue weighted by Gasteiger charge is -2.10. The van der Waals surface area contributed by atoms with Crippen molar-refractivity contribution < 1.29 is 29.3 Å². The molecule has 0 spiro atoms. The highest BCUT2D eigenvalue weighted by atomic mass is 32.1. The van der Waals surface area contributed by atoms with Crippen LogP contribution in [-0.4, -0.2) is 58.9 Å². The van der Waals surface area contributed by atoms with Gasteiger partial charge >= 0.3 is 11.8 Å². The van der Waals surface area contributed by atoms with Gasteiger partial charge in [0.15, 0.2) is 6.10 Å². The van der Waals surface area contributed by atoms with Gasteiger partial charge in [0.25, 0.3) is 5.78 Å². The molecule has 1 aliphatic rings. The molecule has 0 unspecified atom stereocenters. The minimum Gasteiger partial charge on any atom is -0.445 e. The van der Waals surface area contributed by atoms with Crippen LogP contribution in [0.2, 0.25) is 0 Å². The first-order chi connectivity index (χ1) is 7.49. The Kier molecular flexibility index (Phi) is 6.90. The largest absolute Gasteiger partial charge is 0.445 e. The molecule has 1 aliphatic heterocycles. The molecule has 92 valence electrons. The number of thiol groups is 1. The molecule has 0 aromatic carbocycles. The highest BCUT2D eigenvalue weighted by Crippen LogP contribution is 2.10. The molecule has 0 aromatic heterocycles. The number of aliphatic hydroxyl groups is 2. The number of hydrogen-bond donors (Lipinski definition) is 4. The second kappa shape index (κ2) is 7.34. The van der Waals surface area contributed by atoms with Crippen molar-refractivity contribution in [1.82, 2.24) is 0 Å². The zero-order valence-corrected chi connectivity index (χ0v) is 9.22. The number of esters is 1. The van der Waals surface area contributed by atoms with E-state index < -0.39 is 36.4 Å². The molecule has 0 radical (unpaired) electrons. The van der Waals surface area contributed by atoms with Crippen LogP contribution in [0.3, 0.4) is 0 Å². The molecule has 7 nitrogen and oxygen atoms in total. The monoisotopic (exact) mass is 251 g/mol. The van der Waals surface area contributed by atoms with Crippen LogP contribution in [0, 0.1) is 0 Å². The fourth-order valence-electron chi connectivity index (χ4n) is 0.801. The molecule has 16 heavy (non-hydrogen) atoms. The normalized spacial score (nSPS) is 21.2. The summed E-state index contributed by atoms with van der Waals surface area (Å²) in [6.07, 6.45) is -3.05. The maximum atomic E-state index is 10.7. The molecule has 2 atom stereocenters. The van der Waals surface area contributed by atoms with E-state index >= 15 is 0 Å². The molecule has 0 saturated carbocycles. The summed E-state index contributed by atoms with van der Waals surface area (Å²) >= 11 is 3.80. The topological polar surface area (TPSA) is 127 Å². The van der Waals surface area contributed by atoms with Gasteiger partial charge in [-0.05, 0) is 0 Å². The second-order valence-corrected chi connectivity index (χ2v) is 3.23. The van der Waals surface area contributed by atoms with Crippen LogP contribution in [0.1, 0.15) is 0 Å². The van der Waals surface area contributed by atoms with Crippen LogP contribution in [0.25, 0.3) is 0 Å². The maximum Gasteiger partial charge on any atom is 0.383 e. The van der Waals surface area contributed by atoms with Crippen molar-refractivity contribution in [3.05, 3.63) is 0 Å². The Hall–Kier alpha value is -0.960. The van der Waals surface area contributed by atoms with Crippen LogP contribution in [0.5, 0.6) is 0 Å². The van der Waals surface area contributed by atoms with Crippen LogP contribution < -0.4 is 5.73 Å². The molecule has 1 rings (SSSR count). The van der Waals surface area contributed by atoms with Crippen molar-refractivity contribution in [3.63, 3.8) is 0 Å². The van der Waals surface area contributed by atoms with E-state index in [-0.39, 0.29) is 0 Å². The number of Topliss-reactive ketones (excluding diaryl/α,β-unsaturated/α-hetero) is 2. The van der Waals surface area contributed by atoms with Crippen molar-refractivity contribution in [2.24, 2.45) is 5.73 Å². The van der Waals surface area contributed by atoms with E-state index in [1.807, 2.05) is 0 Å². The standard InChI is InChI=1S/C6H6O6.C2H7NS/c7-1-2(8)5-3(9)4(10)6(11)12-5;3-1-2-4/h2,5,7-8H,1H2;4H,1-3H2/t2-,5+;/m0./s1. The summed E-state index contributed by atoms with van der Waals surface area (Å²) < 4.78 is 4.19. The van der Waals surface area contributed by atoms with Crippen LogP contribution >= 0.6 is 12.6 Å². The molecule has 0 aromatic rings. The molecule has 0 aliphatic carbocycles. The van der Waals surface area contributed by atoms with Crippen LogP contribution in [0.4, 0.5) is 0 Å². The van der Waals surface area contributed by atoms with E-state index in [2.05, 4.69) is 17.4 Å². The van der Waals surface area contributed by atoms with Gasteiger partial charge in [-0.1, -0.05) is 0 Å². The Morgan fingerprint density at radius 3 is 2.19 bits per heavy atom. The van der Waals surface area contributed by atoms with Gasteiger partial charge in [0.1, 0.15) is 6.10 Å². The molecule has 8 heteroatoms. The molecular weight excluding hydrogens is 238 g/mol. The third-order valence-electron chi connectivity index (χ3n) is 1.57. The van der Waals surface area contributed by atoms with Gasteiger partial charge in [-0.15, -0.1) is 0 Å². The Labute approximate surface area is 97.0 Å². The first-order valence-corrected chi connectivity index (χ1v) is 5.01. The van der Waals surface area contributed by atoms with E-state index in [1.165, 1.54) is 0 Å². The molecule has 4 N–H and O–H groups in total. The Balaban J connectivity index is 0.000000487. The lowest BCUT2D eigenvalue weighted by Crippen LogP contribution is -2.35. The van der Waals surface area contributed by atoms with Gasteiger partial charge in [-0.2, -0.15) is 12.6 Å². The first-order valence-electron chi connectivity index (χ1n) is 4.38. The minimum absolute atomic E-state index is 0.684. The summed E-state index contributed by atoms with van der Waals surface area (Å²) in [5.41, 5.74) is 4.95. The van der Waals surface area contributed by atoms with Gasteiger partial charge in [0.2, 0.25) is 0 Å². The Bertz CT molecular complexity index is 280. The number of nitrogens with two attached hydrogens (primary N) is 1. The molecule has 1 heterocycles. The minimum atomic E-state index is -1.53. The quantitative estimate of drug-likeness (QED) is 0.244. The fraction of sp³-hybridized carbons (Fsp3) is 0.625. The number of rotatable bonds is 3. The molecule has 0 bridgehead atoms. The van der Waals surface area contributed by atoms with E-state index in [1.54, 1.807) is 0 Å². The lowest BCUT2D eigenvalue weighted by molar-refractivity contribution is -0.152. The number of carbonyl (C=O) groups excluding carboxylic acids is 3. The summed E-state index contributed by atoms with van der Waals surface area (Å²) in [6, 6.07) is 0. The Morgan fingerprint density at radius 2 is 1.94 bits per heavy atom. The average molecular weight is 251 g/mol. The van der Waals surface area contributed by atoms with Crippen molar-refractivity contribution >= 4 is 30.2 Å². The van der Waals surface area contributed by atoms with E-state index in [4.69, 9.17) is 15.9 Å². The summed E-state index contributed by atoms with van der Waals surface area (Å²) in [7, 11) is 0. The van der Waals surface area contributed by atoms with Crippen molar-refractivity contribution in [2.75, 3.05) is 18.9 Å². The maximum absolute atomic E-state index is 10.7. The fourth-order valence-corrected chi connectivity index (χ4v) is 0.801. The van der Waals surface area contributed by atoms with E-state index in [9.17, 15) is 14.4 Å². The van der Waals surface area contributed by atoms with Gasteiger partial charge in [-0.25, -0.2) is 4.79 Å². The van der Waals surface area contributed by atoms with Crippen molar-refractivity contribution in [3.8, 4) is 0 Å². The summed E-state index contributed by atoms with van der Waals surface area (Å²) in [5.74, 6) is -2.88. The summed E-state index contributed by atoms with van der Waals surface area (Å²) in [4.78, 5) is 31.7. The highest BCUT2D eigenvalue weighted by Gasteiger charge is 2.45. The zero-order chi connectivity index (χ0) is 12.7. The van der Waals surface area contributed by atoms with Gasteiger partial charge in [0, 0.05) is 12.3 Å². The molecular formula is C8H13NO6S. The second-order valence-electron chi connectivity index (χ2n) is 2.78. The van der Waals surface area contributed by atoms with Crippen molar-refractivity contribution in [2.45, 2.75) is 12.2 Å². The zero-order valence-electron chi connectivity index (χ0n) is 8.33. The highest BCUT2D eigenvalue weighted by molar-refractivity contribution is 7.80. The molecule has 1 saturated heterocycles. The van der Waals surface area contributed by atoms with E-state index in [0.717, 1.165) is 5.75 Å². The lowest BCUT2D eigenvalue weighted by atomic mass is 10.1. The van der Waals surface area contributed by atoms with E-state index in [0.29, 0.717) is 6.54 Å². The van der Waals surface area contributed by atoms with Gasteiger partial charge in [0.05, 0.1) is 6.61 Å². The first kappa shape index (κ1) is 15.0. The number of cyclic esters (lactones) is 1. The third kappa shape index (κ3) is 3.89. The predicted molar refractivity (Wildman–Crippen MR) is 55.9 cm³/mol. The summed E-state index contributed by atoms with van der Waals surface area (Å²) in [5, 5.41) is 17.2. The number of ketones is 2. The molecule has 0 amide bonds. The predicted octanol–water partition coefficient (Wildman–Crippen LogP) is -2.72. The van der Waals surface area contributed by atoms with Crippen LogP contribution in [-0.2, 0) is 19.1 Å². The van der Waals surface area contributed by atoms with Gasteiger partial charge in [-0.3, -0.25) is 9.59 Å². The molecule has 1 fully saturated rings. The van der Waals surface area contributed by atoms with Gasteiger partial charge < -0.3 is 20.7 Å². The number of carbonyl (C=O) groups is 3. The third-order valence-corrected chi connectivity index (χ3v) is 1.83.